The summed E-state index contributed by atoms with van der Waals surface area (Å²) >= 11 is 5.43. The summed E-state index contributed by atoms with van der Waals surface area (Å²) in [5, 5.41) is 21.4. The number of nitrogens with one attached hydrogen (secondary N) is 3. The first-order chi connectivity index (χ1) is 28.5. The van der Waals surface area contributed by atoms with Crippen molar-refractivity contribution < 1.29 is 23.5 Å². The zero-order chi connectivity index (χ0) is 42.2. The first-order valence-electron chi connectivity index (χ1n) is 19.4. The second kappa shape index (κ2) is 22.2. The minimum atomic E-state index is -3.52. The molecule has 59 heavy (non-hydrogen) atoms. The predicted molar refractivity (Wildman–Crippen MR) is 246 cm³/mol. The highest BCUT2D eigenvalue weighted by Crippen LogP contribution is 2.48. The van der Waals surface area contributed by atoms with Crippen molar-refractivity contribution in [2.75, 3.05) is 48.7 Å². The Bertz CT molecular complexity index is 2300. The minimum absolute atomic E-state index is 0.171. The molecule has 0 radical (unpaired) electrons. The van der Waals surface area contributed by atoms with Crippen LogP contribution in [0.5, 0.6) is 0 Å². The summed E-state index contributed by atoms with van der Waals surface area (Å²) in [6, 6.07) is 32.9. The average molecular weight is 851 g/mol. The number of aryl methyl sites for hydroxylation is 2. The van der Waals surface area contributed by atoms with Gasteiger partial charge in [0.1, 0.15) is 0 Å². The Hall–Kier alpha value is -5.20. The van der Waals surface area contributed by atoms with Crippen LogP contribution in [0.1, 0.15) is 51.6 Å². The summed E-state index contributed by atoms with van der Waals surface area (Å²) in [7, 11) is 0.415. The number of thioether (sulfide) groups is 1. The molecule has 0 saturated carbocycles. The fraction of sp³-hybridized carbons (Fsp3) is 0.267. The zero-order valence-electron chi connectivity index (χ0n) is 33.8. The van der Waals surface area contributed by atoms with Gasteiger partial charge in [-0.25, -0.2) is 0 Å². The lowest BCUT2D eigenvalue weighted by molar-refractivity contribution is -0.120. The molecule has 0 bridgehead atoms. The Kier molecular flexibility index (Phi) is 16.9. The van der Waals surface area contributed by atoms with Gasteiger partial charge < -0.3 is 25.1 Å². The van der Waals surface area contributed by atoms with Crippen molar-refractivity contribution in [2.24, 2.45) is 10.2 Å². The Labute approximate surface area is 356 Å². The number of azo groups is 1. The van der Waals surface area contributed by atoms with Crippen molar-refractivity contribution in [3.8, 4) is 0 Å². The maximum Gasteiger partial charge on any atom is 0.317 e. The monoisotopic (exact) mass is 850 g/mol. The molecule has 5 rings (SSSR count). The molecular weight excluding hydrogens is 800 g/mol. The number of anilines is 2. The average Bonchev–Trinajstić information content (AvgIpc) is 3.23. The number of amides is 2. The molecule has 0 saturated heterocycles. The lowest BCUT2D eigenvalue weighted by Gasteiger charge is -2.18. The Morgan fingerprint density at radius 3 is 2.14 bits per heavy atom. The summed E-state index contributed by atoms with van der Waals surface area (Å²) in [6.07, 6.45) is 1.82. The SMILES string of the molecule is CCOP(=O)(/C=C\SCC(NC(=O)c1ccc(N=Nc2ccc(N(C)C)cc2)cc1)C(=O)CCS)Nc1ccc(C(=O)NCCCc2cccc3c(C)cccc23)cc1. The fourth-order valence-corrected chi connectivity index (χ4v) is 9.04. The van der Waals surface area contributed by atoms with Crippen molar-refractivity contribution >= 4 is 83.0 Å². The maximum atomic E-state index is 13.8. The van der Waals surface area contributed by atoms with Gasteiger partial charge in [0.05, 0.1) is 24.0 Å². The highest BCUT2D eigenvalue weighted by Gasteiger charge is 2.22. The molecular formula is C45H51N6O5PS2. The van der Waals surface area contributed by atoms with Gasteiger partial charge in [-0.1, -0.05) is 36.4 Å². The van der Waals surface area contributed by atoms with Crippen molar-refractivity contribution in [1.82, 2.24) is 10.6 Å². The van der Waals surface area contributed by atoms with E-state index in [1.807, 2.05) is 43.3 Å². The van der Waals surface area contributed by atoms with E-state index in [2.05, 4.69) is 81.9 Å². The van der Waals surface area contributed by atoms with E-state index >= 15 is 0 Å². The standard InChI is InChI=1S/C45H51N6O5PS2/c1-5-56-57(55,50-38-20-16-34(17-21-38)44(53)46-27-8-11-33-10-7-12-40-32(2)9-6-13-41(33)40)28-30-59-31-42(43(52)26-29-58)47-45(54)35-14-18-36(19-15-35)48-49-37-22-24-39(25-23-37)51(3)4/h6-7,9-10,12-25,28,30,42,58H,5,8,11,26-27,29,31H2,1-4H3,(H,46,53)(H,47,54)(H,50,55)/b30-28-,49-48?. The smallest absolute Gasteiger partial charge is 0.317 e. The van der Waals surface area contributed by atoms with Gasteiger partial charge in [-0.05, 0) is 133 Å². The number of nitrogens with zero attached hydrogens (tertiary/aromatic N) is 3. The van der Waals surface area contributed by atoms with Gasteiger partial charge in [-0.2, -0.15) is 22.9 Å². The number of Topliss-reactive ketones (excluding diaryl/α,β-unsaturated/α-hetero) is 1. The summed E-state index contributed by atoms with van der Waals surface area (Å²) in [5.74, 6) is 1.19. The van der Waals surface area contributed by atoms with Crippen molar-refractivity contribution in [2.45, 2.75) is 39.2 Å². The van der Waals surface area contributed by atoms with Crippen LogP contribution in [0.15, 0.2) is 131 Å². The molecule has 2 amide bonds. The molecule has 0 aliphatic heterocycles. The molecule has 2 atom stereocenters. The topological polar surface area (TPSA) is 142 Å². The van der Waals surface area contributed by atoms with Gasteiger partial charge in [0, 0.05) is 61.1 Å². The molecule has 2 unspecified atom stereocenters. The lowest BCUT2D eigenvalue weighted by atomic mass is 9.98. The van der Waals surface area contributed by atoms with E-state index in [0.717, 1.165) is 18.5 Å². The molecule has 14 heteroatoms. The van der Waals surface area contributed by atoms with Gasteiger partial charge in [-0.15, -0.1) is 11.8 Å². The normalized spacial score (nSPS) is 13.0. The van der Waals surface area contributed by atoms with Gasteiger partial charge >= 0.3 is 7.52 Å². The van der Waals surface area contributed by atoms with Crippen LogP contribution in [0.25, 0.3) is 10.8 Å². The van der Waals surface area contributed by atoms with E-state index in [0.29, 0.717) is 40.5 Å². The Balaban J connectivity index is 1.11. The molecule has 0 fully saturated rings. The first kappa shape index (κ1) is 44.9. The van der Waals surface area contributed by atoms with Gasteiger partial charge in [-0.3, -0.25) is 18.9 Å². The number of carbonyl (C=O) groups excluding carboxylic acids is 3. The highest BCUT2D eigenvalue weighted by atomic mass is 32.2. The molecule has 308 valence electrons. The van der Waals surface area contributed by atoms with Crippen LogP contribution in [0.3, 0.4) is 0 Å². The Morgan fingerprint density at radius 1 is 0.847 bits per heavy atom. The number of benzene rings is 5. The fourth-order valence-electron chi connectivity index (χ4n) is 6.14. The van der Waals surface area contributed by atoms with Crippen LogP contribution in [-0.2, 0) is 20.3 Å². The van der Waals surface area contributed by atoms with E-state index in [1.165, 1.54) is 39.5 Å². The Morgan fingerprint density at radius 2 is 1.47 bits per heavy atom. The van der Waals surface area contributed by atoms with Gasteiger partial charge in [0.15, 0.2) is 5.78 Å². The molecule has 11 nitrogen and oxygen atoms in total. The largest absolute Gasteiger partial charge is 0.378 e. The molecule has 0 aliphatic rings. The lowest BCUT2D eigenvalue weighted by Crippen LogP contribution is -2.42. The molecule has 0 heterocycles. The summed E-state index contributed by atoms with van der Waals surface area (Å²) in [4.78, 5) is 41.1. The van der Waals surface area contributed by atoms with Crippen LogP contribution in [0, 0.1) is 6.92 Å². The quantitative estimate of drug-likeness (QED) is 0.0247. The number of hydrogen-bond donors (Lipinski definition) is 4. The number of fused-ring (bicyclic) bond motifs is 1. The van der Waals surface area contributed by atoms with E-state index in [4.69, 9.17) is 4.52 Å². The van der Waals surface area contributed by atoms with E-state index in [1.54, 1.807) is 60.9 Å². The number of carbonyl (C=O) groups is 3. The van der Waals surface area contributed by atoms with Crippen LogP contribution in [0.2, 0.25) is 0 Å². The zero-order valence-corrected chi connectivity index (χ0v) is 36.4. The summed E-state index contributed by atoms with van der Waals surface area (Å²) < 4.78 is 19.4. The maximum absolute atomic E-state index is 13.8. The van der Waals surface area contributed by atoms with Crippen molar-refractivity contribution in [3.63, 3.8) is 0 Å². The van der Waals surface area contributed by atoms with Crippen molar-refractivity contribution in [3.05, 3.63) is 143 Å². The molecule has 0 aromatic heterocycles. The van der Waals surface area contributed by atoms with Gasteiger partial charge in [0.25, 0.3) is 11.8 Å². The predicted octanol–water partition coefficient (Wildman–Crippen LogP) is 10.5. The van der Waals surface area contributed by atoms with Crippen LogP contribution in [0.4, 0.5) is 22.7 Å². The molecule has 0 spiro atoms. The number of hydrogen-bond acceptors (Lipinski definition) is 10. The van der Waals surface area contributed by atoms with Crippen molar-refractivity contribution in [1.29, 1.82) is 0 Å². The molecule has 3 N–H and O–H groups in total. The second-order valence-corrected chi connectivity index (χ2v) is 17.3. The van der Waals surface area contributed by atoms with Crippen LogP contribution < -0.4 is 20.6 Å². The number of ketones is 1. The van der Waals surface area contributed by atoms with Crippen LogP contribution in [-0.4, -0.2) is 62.4 Å². The first-order valence-corrected chi connectivity index (χ1v) is 22.8. The molecule has 5 aromatic carbocycles. The van der Waals surface area contributed by atoms with E-state index in [9.17, 15) is 18.9 Å². The third-order valence-corrected chi connectivity index (χ3v) is 12.4. The third kappa shape index (κ3) is 13.4. The van der Waals surface area contributed by atoms with Crippen LogP contribution >= 0.6 is 31.9 Å². The van der Waals surface area contributed by atoms with E-state index < -0.39 is 19.5 Å². The molecule has 5 aromatic rings. The highest BCUT2D eigenvalue weighted by molar-refractivity contribution is 8.02. The number of rotatable bonds is 21. The summed E-state index contributed by atoms with van der Waals surface area (Å²) in [5.41, 5.74) is 6.20. The third-order valence-electron chi connectivity index (χ3n) is 9.34. The minimum Gasteiger partial charge on any atom is -0.378 e. The van der Waals surface area contributed by atoms with Gasteiger partial charge in [0.2, 0.25) is 0 Å². The summed E-state index contributed by atoms with van der Waals surface area (Å²) in [6.45, 7) is 4.57. The van der Waals surface area contributed by atoms with E-state index in [-0.39, 0.29) is 30.5 Å². The number of thiol groups is 1. The second-order valence-electron chi connectivity index (χ2n) is 13.9. The molecule has 0 aliphatic carbocycles.